The van der Waals surface area contributed by atoms with Crippen LogP contribution in [0.25, 0.3) is 5.95 Å². The van der Waals surface area contributed by atoms with E-state index in [1.54, 1.807) is 18.5 Å². The number of rotatable bonds is 1. The van der Waals surface area contributed by atoms with Gasteiger partial charge in [0.05, 0.1) is 6.20 Å². The Balaban J connectivity index is 2.50. The topological polar surface area (TPSA) is 93.4 Å². The van der Waals surface area contributed by atoms with E-state index in [2.05, 4.69) is 15.1 Å². The van der Waals surface area contributed by atoms with Crippen LogP contribution < -0.4 is 5.73 Å². The summed E-state index contributed by atoms with van der Waals surface area (Å²) in [5, 5.41) is 12.6. The minimum atomic E-state index is 0.181. The van der Waals surface area contributed by atoms with Gasteiger partial charge in [0.1, 0.15) is 11.6 Å². The van der Waals surface area contributed by atoms with Crippen molar-refractivity contribution in [2.75, 3.05) is 5.73 Å². The maximum absolute atomic E-state index is 8.65. The highest BCUT2D eigenvalue weighted by atomic mass is 15.4. The van der Waals surface area contributed by atoms with Crippen molar-refractivity contribution in [3.05, 3.63) is 30.2 Å². The van der Waals surface area contributed by atoms with E-state index < -0.39 is 0 Å². The fourth-order valence-electron chi connectivity index (χ4n) is 0.985. The van der Waals surface area contributed by atoms with Gasteiger partial charge in [-0.05, 0) is 6.07 Å². The second-order valence-corrected chi connectivity index (χ2v) is 2.53. The monoisotopic (exact) mass is 186 g/mol. The Labute approximate surface area is 79.6 Å². The Morgan fingerprint density at radius 3 is 2.64 bits per heavy atom. The molecule has 0 aromatic carbocycles. The minimum Gasteiger partial charge on any atom is -0.381 e. The van der Waals surface area contributed by atoms with Crippen molar-refractivity contribution in [3.8, 4) is 12.0 Å². The molecule has 0 fully saturated rings. The summed E-state index contributed by atoms with van der Waals surface area (Å²) in [6.45, 7) is 0. The molecule has 0 amide bonds. The van der Waals surface area contributed by atoms with Crippen molar-refractivity contribution in [3.63, 3.8) is 0 Å². The van der Waals surface area contributed by atoms with Crippen LogP contribution in [0.1, 0.15) is 5.56 Å². The van der Waals surface area contributed by atoms with E-state index in [0.29, 0.717) is 11.5 Å². The number of aromatic nitrogens is 4. The third-order valence-electron chi connectivity index (χ3n) is 1.62. The molecule has 2 aromatic heterocycles. The highest BCUT2D eigenvalue weighted by molar-refractivity contribution is 5.47. The van der Waals surface area contributed by atoms with Gasteiger partial charge < -0.3 is 5.73 Å². The Morgan fingerprint density at radius 2 is 2.07 bits per heavy atom. The summed E-state index contributed by atoms with van der Waals surface area (Å²) in [7, 11) is 0. The van der Waals surface area contributed by atoms with Crippen LogP contribution in [-0.4, -0.2) is 19.7 Å². The van der Waals surface area contributed by atoms with Gasteiger partial charge in [-0.1, -0.05) is 0 Å². The molecule has 0 unspecified atom stereocenters. The summed E-state index contributed by atoms with van der Waals surface area (Å²) >= 11 is 0. The van der Waals surface area contributed by atoms with Crippen molar-refractivity contribution in [2.45, 2.75) is 0 Å². The molecule has 0 bridgehead atoms. The van der Waals surface area contributed by atoms with Gasteiger partial charge in [-0.15, -0.1) is 5.10 Å². The molecule has 6 heteroatoms. The molecule has 2 aromatic rings. The molecule has 2 heterocycles. The van der Waals surface area contributed by atoms with Crippen LogP contribution in [0.2, 0.25) is 0 Å². The SMILES string of the molecule is N#Cc1cn(-c2ncccn2)nc1N. The van der Waals surface area contributed by atoms with E-state index in [9.17, 15) is 0 Å². The fraction of sp³-hybridized carbons (Fsp3) is 0. The summed E-state index contributed by atoms with van der Waals surface area (Å²) in [6.07, 6.45) is 4.67. The molecule has 0 aliphatic rings. The van der Waals surface area contributed by atoms with E-state index in [1.165, 1.54) is 10.9 Å². The van der Waals surface area contributed by atoms with Crippen LogP contribution in [0.3, 0.4) is 0 Å². The minimum absolute atomic E-state index is 0.181. The number of hydrogen-bond acceptors (Lipinski definition) is 5. The maximum atomic E-state index is 8.65. The van der Waals surface area contributed by atoms with Crippen LogP contribution in [0, 0.1) is 11.3 Å². The Kier molecular flexibility index (Phi) is 1.84. The zero-order valence-electron chi connectivity index (χ0n) is 7.12. The summed E-state index contributed by atoms with van der Waals surface area (Å²) in [5.41, 5.74) is 5.80. The van der Waals surface area contributed by atoms with Crippen LogP contribution in [0.15, 0.2) is 24.7 Å². The molecule has 6 nitrogen and oxygen atoms in total. The first kappa shape index (κ1) is 8.19. The first-order valence-corrected chi connectivity index (χ1v) is 3.84. The van der Waals surface area contributed by atoms with Gasteiger partial charge in [0.2, 0.25) is 0 Å². The molecular formula is C8H6N6. The lowest BCUT2D eigenvalue weighted by atomic mass is 10.4. The molecular weight excluding hydrogens is 180 g/mol. The average molecular weight is 186 g/mol. The number of nitrogen functional groups attached to an aromatic ring is 1. The molecule has 0 atom stereocenters. The quantitative estimate of drug-likeness (QED) is 0.682. The van der Waals surface area contributed by atoms with Gasteiger partial charge in [0, 0.05) is 12.4 Å². The number of hydrogen-bond donors (Lipinski definition) is 1. The first-order valence-electron chi connectivity index (χ1n) is 3.84. The molecule has 0 aliphatic carbocycles. The fourth-order valence-corrected chi connectivity index (χ4v) is 0.985. The third-order valence-corrected chi connectivity index (χ3v) is 1.62. The lowest BCUT2D eigenvalue weighted by molar-refractivity contribution is 0.812. The molecule has 0 aliphatic heterocycles. The number of nitriles is 1. The lowest BCUT2D eigenvalue weighted by Gasteiger charge is -1.95. The normalized spacial score (nSPS) is 9.64. The van der Waals surface area contributed by atoms with Gasteiger partial charge in [-0.3, -0.25) is 0 Å². The van der Waals surface area contributed by atoms with Gasteiger partial charge >= 0.3 is 0 Å². The number of anilines is 1. The number of nitrogens with zero attached hydrogens (tertiary/aromatic N) is 5. The summed E-state index contributed by atoms with van der Waals surface area (Å²) in [4.78, 5) is 7.92. The third kappa shape index (κ3) is 1.27. The molecule has 14 heavy (non-hydrogen) atoms. The standard InChI is InChI=1S/C8H6N6/c9-4-6-5-14(13-7(6)10)8-11-2-1-3-12-8/h1-3,5H,(H2,10,13). The van der Waals surface area contributed by atoms with Crippen molar-refractivity contribution in [1.29, 1.82) is 5.26 Å². The molecule has 0 saturated heterocycles. The second kappa shape index (κ2) is 3.14. The molecule has 0 saturated carbocycles. The van der Waals surface area contributed by atoms with E-state index in [4.69, 9.17) is 11.0 Å². The van der Waals surface area contributed by atoms with Crippen LogP contribution in [0.4, 0.5) is 5.82 Å². The van der Waals surface area contributed by atoms with Gasteiger partial charge in [0.15, 0.2) is 5.82 Å². The second-order valence-electron chi connectivity index (χ2n) is 2.53. The Bertz CT molecular complexity index is 480. The van der Waals surface area contributed by atoms with Crippen molar-refractivity contribution >= 4 is 5.82 Å². The van der Waals surface area contributed by atoms with Crippen LogP contribution >= 0.6 is 0 Å². The predicted octanol–water partition coefficient (Wildman–Crippen LogP) is 0.116. The highest BCUT2D eigenvalue weighted by Gasteiger charge is 2.06. The average Bonchev–Trinajstić information content (AvgIpc) is 2.61. The van der Waals surface area contributed by atoms with Crippen molar-refractivity contribution in [1.82, 2.24) is 19.7 Å². The predicted molar refractivity (Wildman–Crippen MR) is 48.3 cm³/mol. The smallest absolute Gasteiger partial charge is 0.250 e. The lowest BCUT2D eigenvalue weighted by Crippen LogP contribution is -2.00. The van der Waals surface area contributed by atoms with E-state index in [-0.39, 0.29) is 5.82 Å². The first-order chi connectivity index (χ1) is 6.81. The van der Waals surface area contributed by atoms with E-state index in [0.717, 1.165) is 0 Å². The van der Waals surface area contributed by atoms with Gasteiger partial charge in [-0.2, -0.15) is 5.26 Å². The molecule has 0 radical (unpaired) electrons. The summed E-state index contributed by atoms with van der Waals surface area (Å²) in [5.74, 6) is 0.570. The Morgan fingerprint density at radius 1 is 1.36 bits per heavy atom. The molecule has 2 rings (SSSR count). The molecule has 2 N–H and O–H groups in total. The maximum Gasteiger partial charge on any atom is 0.250 e. The van der Waals surface area contributed by atoms with Gasteiger partial charge in [0.25, 0.3) is 5.95 Å². The largest absolute Gasteiger partial charge is 0.381 e. The van der Waals surface area contributed by atoms with Crippen molar-refractivity contribution < 1.29 is 0 Å². The summed E-state index contributed by atoms with van der Waals surface area (Å²) < 4.78 is 1.37. The van der Waals surface area contributed by atoms with E-state index in [1.807, 2.05) is 6.07 Å². The van der Waals surface area contributed by atoms with E-state index >= 15 is 0 Å². The van der Waals surface area contributed by atoms with Gasteiger partial charge in [-0.25, -0.2) is 14.6 Å². The zero-order valence-corrected chi connectivity index (χ0v) is 7.12. The number of nitrogens with two attached hydrogens (primary N) is 1. The van der Waals surface area contributed by atoms with Crippen LogP contribution in [0.5, 0.6) is 0 Å². The Hall–Kier alpha value is -2.42. The molecule has 0 spiro atoms. The van der Waals surface area contributed by atoms with Crippen LogP contribution in [-0.2, 0) is 0 Å². The molecule has 68 valence electrons. The highest BCUT2D eigenvalue weighted by Crippen LogP contribution is 2.08. The summed E-state index contributed by atoms with van der Waals surface area (Å²) in [6, 6.07) is 3.62. The van der Waals surface area contributed by atoms with Crippen molar-refractivity contribution in [2.24, 2.45) is 0 Å². The zero-order chi connectivity index (χ0) is 9.97.